The Kier molecular flexibility index (Phi) is 9.07. The summed E-state index contributed by atoms with van der Waals surface area (Å²) in [5.74, 6) is 1.08. The van der Waals surface area contributed by atoms with Gasteiger partial charge in [0.2, 0.25) is 5.95 Å². The van der Waals surface area contributed by atoms with E-state index in [1.54, 1.807) is 30.5 Å². The maximum Gasteiger partial charge on any atom is 0.229 e. The number of aromatic nitrogens is 4. The second-order valence-corrected chi connectivity index (χ2v) is 7.50. The van der Waals surface area contributed by atoms with Gasteiger partial charge in [0.25, 0.3) is 0 Å². The van der Waals surface area contributed by atoms with E-state index in [2.05, 4.69) is 53.1 Å². The molecule has 3 rings (SSSR count). The predicted octanol–water partition coefficient (Wildman–Crippen LogP) is 6.17. The van der Waals surface area contributed by atoms with Crippen LogP contribution < -0.4 is 14.9 Å². The van der Waals surface area contributed by atoms with E-state index in [9.17, 15) is 0 Å². The normalized spacial score (nSPS) is 10.5. The van der Waals surface area contributed by atoms with Crippen LogP contribution in [-0.2, 0) is 0 Å². The first-order chi connectivity index (χ1) is 14.5. The standard InChI is InChI=1S/C19H20BrN7S.C2H6/c1-5-6-12(2)24-19-23-11-13(20)18(26-19)25-15-8-7-14-16(22-10-9-21-14)17(15)27(3)28-4;1-2/h5-11H,2H2,1,3-4H3,(H2,23,24,25,26);1-2H3/b6-5+;. The van der Waals surface area contributed by atoms with Crippen molar-refractivity contribution in [3.05, 3.63) is 59.6 Å². The van der Waals surface area contributed by atoms with Crippen molar-refractivity contribution in [1.82, 2.24) is 19.9 Å². The fourth-order valence-electron chi connectivity index (χ4n) is 2.56. The number of nitrogens with zero attached hydrogens (tertiary/aromatic N) is 5. The van der Waals surface area contributed by atoms with Gasteiger partial charge in [-0.2, -0.15) is 4.98 Å². The van der Waals surface area contributed by atoms with Gasteiger partial charge in [-0.1, -0.05) is 38.5 Å². The molecule has 0 saturated carbocycles. The molecule has 9 heteroatoms. The summed E-state index contributed by atoms with van der Waals surface area (Å²) in [6.45, 7) is 9.85. The van der Waals surface area contributed by atoms with E-state index < -0.39 is 0 Å². The van der Waals surface area contributed by atoms with Gasteiger partial charge in [-0.3, -0.25) is 9.97 Å². The summed E-state index contributed by atoms with van der Waals surface area (Å²) < 4.78 is 2.79. The predicted molar refractivity (Wildman–Crippen MR) is 133 cm³/mol. The molecular formula is C21H26BrN7S. The maximum absolute atomic E-state index is 4.56. The summed E-state index contributed by atoms with van der Waals surface area (Å²) in [6.07, 6.45) is 10.8. The molecular weight excluding hydrogens is 462 g/mol. The lowest BCUT2D eigenvalue weighted by Crippen LogP contribution is -2.10. The molecule has 0 atom stereocenters. The van der Waals surface area contributed by atoms with Crippen LogP contribution in [0.1, 0.15) is 20.8 Å². The van der Waals surface area contributed by atoms with E-state index in [0.29, 0.717) is 17.5 Å². The van der Waals surface area contributed by atoms with Crippen LogP contribution in [0.15, 0.2) is 59.6 Å². The quantitative estimate of drug-likeness (QED) is 0.302. The van der Waals surface area contributed by atoms with Crippen LogP contribution in [0.25, 0.3) is 11.0 Å². The zero-order valence-electron chi connectivity index (χ0n) is 17.8. The van der Waals surface area contributed by atoms with Gasteiger partial charge in [0, 0.05) is 37.6 Å². The van der Waals surface area contributed by atoms with Crippen LogP contribution in [-0.4, -0.2) is 33.2 Å². The summed E-state index contributed by atoms with van der Waals surface area (Å²) in [7, 11) is 1.99. The highest BCUT2D eigenvalue weighted by Gasteiger charge is 2.16. The van der Waals surface area contributed by atoms with Crippen molar-refractivity contribution in [2.24, 2.45) is 0 Å². The first-order valence-electron chi connectivity index (χ1n) is 9.43. The highest BCUT2D eigenvalue weighted by molar-refractivity contribution is 9.10. The Labute approximate surface area is 190 Å². The molecule has 0 aliphatic heterocycles. The Balaban J connectivity index is 0.00000155. The largest absolute Gasteiger partial charge is 0.337 e. The summed E-state index contributed by atoms with van der Waals surface area (Å²) >= 11 is 5.10. The topological polar surface area (TPSA) is 78.9 Å². The number of rotatable bonds is 7. The molecule has 0 spiro atoms. The third-order valence-electron chi connectivity index (χ3n) is 3.84. The number of benzene rings is 1. The lowest BCUT2D eigenvalue weighted by Gasteiger charge is -2.21. The van der Waals surface area contributed by atoms with Gasteiger partial charge in [0.05, 0.1) is 21.4 Å². The van der Waals surface area contributed by atoms with Gasteiger partial charge in [0.15, 0.2) is 0 Å². The van der Waals surface area contributed by atoms with Crippen LogP contribution in [0.4, 0.5) is 23.1 Å². The molecule has 2 N–H and O–H groups in total. The molecule has 1 aromatic carbocycles. The third-order valence-corrected chi connectivity index (χ3v) is 5.15. The summed E-state index contributed by atoms with van der Waals surface area (Å²) in [5, 5.41) is 6.46. The SMILES string of the molecule is C=C(/C=C/C)Nc1ncc(Br)c(Nc2ccc3nccnc3c2N(C)SC)n1.CC. The number of halogens is 1. The first-order valence-corrected chi connectivity index (χ1v) is 11.4. The molecule has 0 saturated heterocycles. The fourth-order valence-corrected chi connectivity index (χ4v) is 3.22. The molecule has 2 heterocycles. The Hall–Kier alpha value is -2.65. The minimum absolute atomic E-state index is 0.453. The van der Waals surface area contributed by atoms with Gasteiger partial charge < -0.3 is 14.9 Å². The number of nitrogens with one attached hydrogen (secondary N) is 2. The first kappa shape index (κ1) is 23.6. The van der Waals surface area contributed by atoms with Crippen molar-refractivity contribution in [1.29, 1.82) is 0 Å². The molecule has 0 aliphatic rings. The smallest absolute Gasteiger partial charge is 0.229 e. The van der Waals surface area contributed by atoms with Crippen molar-refractivity contribution in [2.45, 2.75) is 20.8 Å². The highest BCUT2D eigenvalue weighted by Crippen LogP contribution is 2.37. The van der Waals surface area contributed by atoms with Gasteiger partial charge in [-0.15, -0.1) is 0 Å². The fraction of sp³-hybridized carbons (Fsp3) is 0.238. The molecule has 0 aliphatic carbocycles. The van der Waals surface area contributed by atoms with Gasteiger partial charge in [-0.25, -0.2) is 4.98 Å². The van der Waals surface area contributed by atoms with Crippen LogP contribution in [0, 0.1) is 0 Å². The number of anilines is 4. The van der Waals surface area contributed by atoms with Gasteiger partial charge in [-0.05, 0) is 41.1 Å². The zero-order valence-corrected chi connectivity index (χ0v) is 20.2. The van der Waals surface area contributed by atoms with E-state index >= 15 is 0 Å². The zero-order chi connectivity index (χ0) is 22.1. The molecule has 2 aromatic heterocycles. The van der Waals surface area contributed by atoms with E-state index in [0.717, 1.165) is 26.9 Å². The van der Waals surface area contributed by atoms with Crippen molar-refractivity contribution in [3.8, 4) is 0 Å². The average Bonchev–Trinajstić information content (AvgIpc) is 2.77. The number of fused-ring (bicyclic) bond motifs is 1. The van der Waals surface area contributed by atoms with Crippen LogP contribution in [0.3, 0.4) is 0 Å². The molecule has 7 nitrogen and oxygen atoms in total. The van der Waals surface area contributed by atoms with Crippen molar-refractivity contribution in [3.63, 3.8) is 0 Å². The van der Waals surface area contributed by atoms with E-state index in [4.69, 9.17) is 0 Å². The third kappa shape index (κ3) is 5.70. The minimum atomic E-state index is 0.453. The molecule has 0 radical (unpaired) electrons. The monoisotopic (exact) mass is 487 g/mol. The van der Waals surface area contributed by atoms with Crippen LogP contribution >= 0.6 is 27.9 Å². The lowest BCUT2D eigenvalue weighted by atomic mass is 10.2. The molecule has 0 bridgehead atoms. The average molecular weight is 488 g/mol. The Bertz CT molecular complexity index is 1040. The Morgan fingerprint density at radius 3 is 2.63 bits per heavy atom. The number of hydrogen-bond donors (Lipinski definition) is 2. The molecule has 0 fully saturated rings. The molecule has 0 amide bonds. The van der Waals surface area contributed by atoms with Crippen molar-refractivity contribution >= 4 is 62.1 Å². The number of hydrogen-bond acceptors (Lipinski definition) is 8. The van der Waals surface area contributed by atoms with E-state index in [-0.39, 0.29) is 0 Å². The molecule has 30 heavy (non-hydrogen) atoms. The Morgan fingerprint density at radius 1 is 1.20 bits per heavy atom. The second kappa shape index (κ2) is 11.5. The van der Waals surface area contributed by atoms with Crippen molar-refractivity contribution in [2.75, 3.05) is 28.2 Å². The summed E-state index contributed by atoms with van der Waals surface area (Å²) in [5.41, 5.74) is 4.14. The lowest BCUT2D eigenvalue weighted by molar-refractivity contribution is 1.14. The van der Waals surface area contributed by atoms with E-state index in [1.807, 2.05) is 62.7 Å². The van der Waals surface area contributed by atoms with Crippen LogP contribution in [0.5, 0.6) is 0 Å². The minimum Gasteiger partial charge on any atom is -0.337 e. The van der Waals surface area contributed by atoms with E-state index in [1.165, 1.54) is 0 Å². The number of allylic oxidation sites excluding steroid dienone is 2. The van der Waals surface area contributed by atoms with Gasteiger partial charge in [0.1, 0.15) is 11.3 Å². The van der Waals surface area contributed by atoms with Gasteiger partial charge >= 0.3 is 0 Å². The molecule has 158 valence electrons. The second-order valence-electron chi connectivity index (χ2n) is 5.73. The molecule has 3 aromatic rings. The summed E-state index contributed by atoms with van der Waals surface area (Å²) in [6, 6.07) is 3.91. The van der Waals surface area contributed by atoms with Crippen LogP contribution in [0.2, 0.25) is 0 Å². The molecule has 0 unspecified atom stereocenters. The maximum atomic E-state index is 4.56. The van der Waals surface area contributed by atoms with Crippen molar-refractivity contribution < 1.29 is 0 Å². The summed E-state index contributed by atoms with van der Waals surface area (Å²) in [4.78, 5) is 17.8. The Morgan fingerprint density at radius 2 is 1.93 bits per heavy atom. The highest BCUT2D eigenvalue weighted by atomic mass is 79.9.